The smallest absolute Gasteiger partial charge is 0.288 e. The molecule has 1 saturated heterocycles. The fraction of sp³-hybridized carbons (Fsp3) is 0.538. The van der Waals surface area contributed by atoms with E-state index in [4.69, 9.17) is 11.6 Å². The number of rotatable bonds is 4. The van der Waals surface area contributed by atoms with E-state index < -0.39 is 4.92 Å². The van der Waals surface area contributed by atoms with Gasteiger partial charge in [0.1, 0.15) is 5.02 Å². The summed E-state index contributed by atoms with van der Waals surface area (Å²) in [7, 11) is 2.13. The number of halogens is 1. The van der Waals surface area contributed by atoms with Gasteiger partial charge in [-0.2, -0.15) is 0 Å². The molecule has 1 heterocycles. The normalized spacial score (nSPS) is 20.2. The quantitative estimate of drug-likeness (QED) is 0.682. The second-order valence-corrected chi connectivity index (χ2v) is 5.48. The van der Waals surface area contributed by atoms with Crippen LogP contribution in [0, 0.1) is 16.0 Å². The first-order chi connectivity index (χ1) is 9.06. The Balaban J connectivity index is 1.92. The SMILES string of the molecule is CN1CCCC(CNc2ccc([N+](=O)[O-])c(Cl)c2)C1. The third-order valence-corrected chi connectivity index (χ3v) is 3.76. The first kappa shape index (κ1) is 14.1. The van der Waals surface area contributed by atoms with Crippen LogP contribution in [0.2, 0.25) is 5.02 Å². The fourth-order valence-corrected chi connectivity index (χ4v) is 2.72. The lowest BCUT2D eigenvalue weighted by atomic mass is 9.98. The number of benzene rings is 1. The van der Waals surface area contributed by atoms with E-state index in [9.17, 15) is 10.1 Å². The number of hydrogen-bond acceptors (Lipinski definition) is 4. The van der Waals surface area contributed by atoms with Crippen molar-refractivity contribution in [2.24, 2.45) is 5.92 Å². The van der Waals surface area contributed by atoms with Gasteiger partial charge in [-0.3, -0.25) is 10.1 Å². The number of hydrogen-bond donors (Lipinski definition) is 1. The standard InChI is InChI=1S/C13H18ClN3O2/c1-16-6-2-3-10(9-16)8-15-11-4-5-13(17(18)19)12(14)7-11/h4-5,7,10,15H,2-3,6,8-9H2,1H3. The summed E-state index contributed by atoms with van der Waals surface area (Å²) < 4.78 is 0. The maximum atomic E-state index is 10.7. The van der Waals surface area contributed by atoms with E-state index in [0.717, 1.165) is 18.8 Å². The Morgan fingerprint density at radius 1 is 1.58 bits per heavy atom. The number of likely N-dealkylation sites (tertiary alicyclic amines) is 1. The third kappa shape index (κ3) is 3.81. The molecule has 0 aromatic heterocycles. The van der Waals surface area contributed by atoms with Crippen LogP contribution < -0.4 is 5.32 Å². The molecule has 1 aliphatic rings. The number of nitrogens with one attached hydrogen (secondary N) is 1. The van der Waals surface area contributed by atoms with Gasteiger partial charge in [0.25, 0.3) is 5.69 Å². The van der Waals surface area contributed by atoms with Gasteiger partial charge >= 0.3 is 0 Å². The number of nitrogens with zero attached hydrogens (tertiary/aromatic N) is 2. The molecule has 1 aromatic carbocycles. The van der Waals surface area contributed by atoms with Gasteiger partial charge in [-0.15, -0.1) is 0 Å². The van der Waals surface area contributed by atoms with Crippen LogP contribution in [0.1, 0.15) is 12.8 Å². The monoisotopic (exact) mass is 283 g/mol. The van der Waals surface area contributed by atoms with Gasteiger partial charge in [-0.25, -0.2) is 0 Å². The molecule has 19 heavy (non-hydrogen) atoms. The third-order valence-electron chi connectivity index (χ3n) is 3.46. The molecule has 0 bridgehead atoms. The number of nitro groups is 1. The van der Waals surface area contributed by atoms with Crippen LogP contribution in [0.25, 0.3) is 0 Å². The Hall–Kier alpha value is -1.33. The van der Waals surface area contributed by atoms with E-state index in [2.05, 4.69) is 17.3 Å². The van der Waals surface area contributed by atoms with Gasteiger partial charge in [0.15, 0.2) is 0 Å². The summed E-state index contributed by atoms with van der Waals surface area (Å²) in [6.45, 7) is 3.13. The molecule has 1 unspecified atom stereocenters. The van der Waals surface area contributed by atoms with Gasteiger partial charge in [-0.1, -0.05) is 11.6 Å². The minimum absolute atomic E-state index is 0.0513. The summed E-state index contributed by atoms with van der Waals surface area (Å²) in [6, 6.07) is 4.76. The second-order valence-electron chi connectivity index (χ2n) is 5.07. The minimum Gasteiger partial charge on any atom is -0.385 e. The molecule has 6 heteroatoms. The summed E-state index contributed by atoms with van der Waals surface area (Å²) in [6.07, 6.45) is 2.45. The molecule has 0 spiro atoms. The van der Waals surface area contributed by atoms with Crippen LogP contribution in [0.4, 0.5) is 11.4 Å². The lowest BCUT2D eigenvalue weighted by Crippen LogP contribution is -2.35. The van der Waals surface area contributed by atoms with Crippen LogP contribution in [-0.2, 0) is 0 Å². The highest BCUT2D eigenvalue weighted by atomic mass is 35.5. The van der Waals surface area contributed by atoms with Gasteiger partial charge in [0, 0.05) is 24.8 Å². The molecule has 0 radical (unpaired) electrons. The van der Waals surface area contributed by atoms with Crippen molar-refractivity contribution in [1.29, 1.82) is 0 Å². The molecule has 104 valence electrons. The van der Waals surface area contributed by atoms with Crippen molar-refractivity contribution >= 4 is 23.0 Å². The minimum atomic E-state index is -0.470. The van der Waals surface area contributed by atoms with Gasteiger partial charge in [-0.05, 0) is 44.5 Å². The highest BCUT2D eigenvalue weighted by Gasteiger charge is 2.17. The second kappa shape index (κ2) is 6.21. The average molecular weight is 284 g/mol. The number of piperidine rings is 1. The van der Waals surface area contributed by atoms with E-state index in [1.807, 2.05) is 0 Å². The van der Waals surface area contributed by atoms with Crippen molar-refractivity contribution in [3.05, 3.63) is 33.3 Å². The van der Waals surface area contributed by atoms with Gasteiger partial charge in [0.2, 0.25) is 0 Å². The molecular formula is C13H18ClN3O2. The molecule has 1 aromatic rings. The van der Waals surface area contributed by atoms with Crippen molar-refractivity contribution in [3.63, 3.8) is 0 Å². The summed E-state index contributed by atoms with van der Waals surface area (Å²) in [4.78, 5) is 12.5. The molecule has 0 aliphatic carbocycles. The fourth-order valence-electron chi connectivity index (χ4n) is 2.47. The Kier molecular flexibility index (Phi) is 4.61. The summed E-state index contributed by atoms with van der Waals surface area (Å²) in [5.41, 5.74) is 0.786. The van der Waals surface area contributed by atoms with Crippen LogP contribution in [0.3, 0.4) is 0 Å². The molecule has 1 atom stereocenters. The van der Waals surface area contributed by atoms with E-state index >= 15 is 0 Å². The Labute approximate surface area is 117 Å². The number of nitro benzene ring substituents is 1. The predicted octanol–water partition coefficient (Wildman–Crippen LogP) is 3.00. The first-order valence-corrected chi connectivity index (χ1v) is 6.80. The molecule has 1 fully saturated rings. The van der Waals surface area contributed by atoms with E-state index in [1.54, 1.807) is 12.1 Å². The van der Waals surface area contributed by atoms with E-state index in [1.165, 1.54) is 25.5 Å². The van der Waals surface area contributed by atoms with Gasteiger partial charge < -0.3 is 10.2 Å². The highest BCUT2D eigenvalue weighted by molar-refractivity contribution is 6.32. The van der Waals surface area contributed by atoms with Crippen molar-refractivity contribution in [2.75, 3.05) is 32.0 Å². The molecule has 0 saturated carbocycles. The van der Waals surface area contributed by atoms with Crippen molar-refractivity contribution < 1.29 is 4.92 Å². The summed E-state index contributed by atoms with van der Waals surface area (Å²) in [5.74, 6) is 0.618. The maximum absolute atomic E-state index is 10.7. The molecule has 5 nitrogen and oxygen atoms in total. The number of anilines is 1. The lowest BCUT2D eigenvalue weighted by molar-refractivity contribution is -0.384. The molecule has 1 aliphatic heterocycles. The summed E-state index contributed by atoms with van der Waals surface area (Å²) in [5, 5.41) is 14.2. The maximum Gasteiger partial charge on any atom is 0.288 e. The average Bonchev–Trinajstić information content (AvgIpc) is 2.36. The van der Waals surface area contributed by atoms with Crippen molar-refractivity contribution in [2.45, 2.75) is 12.8 Å². The Bertz CT molecular complexity index is 467. The molecule has 0 amide bonds. The highest BCUT2D eigenvalue weighted by Crippen LogP contribution is 2.27. The topological polar surface area (TPSA) is 58.4 Å². The zero-order valence-electron chi connectivity index (χ0n) is 10.9. The molecular weight excluding hydrogens is 266 g/mol. The summed E-state index contributed by atoms with van der Waals surface area (Å²) >= 11 is 5.88. The zero-order valence-corrected chi connectivity index (χ0v) is 11.7. The van der Waals surface area contributed by atoms with Crippen LogP contribution >= 0.6 is 11.6 Å². The van der Waals surface area contributed by atoms with Crippen molar-refractivity contribution in [1.82, 2.24) is 4.90 Å². The Morgan fingerprint density at radius 2 is 2.37 bits per heavy atom. The van der Waals surface area contributed by atoms with Crippen LogP contribution in [0.15, 0.2) is 18.2 Å². The van der Waals surface area contributed by atoms with E-state index in [0.29, 0.717) is 5.92 Å². The Morgan fingerprint density at radius 3 is 3.00 bits per heavy atom. The van der Waals surface area contributed by atoms with Gasteiger partial charge in [0.05, 0.1) is 4.92 Å². The predicted molar refractivity (Wildman–Crippen MR) is 76.8 cm³/mol. The van der Waals surface area contributed by atoms with E-state index in [-0.39, 0.29) is 10.7 Å². The largest absolute Gasteiger partial charge is 0.385 e. The molecule has 1 N–H and O–H groups in total. The zero-order chi connectivity index (χ0) is 13.8. The lowest BCUT2D eigenvalue weighted by Gasteiger charge is -2.29. The van der Waals surface area contributed by atoms with Crippen LogP contribution in [-0.4, -0.2) is 36.5 Å². The van der Waals surface area contributed by atoms with Crippen LogP contribution in [0.5, 0.6) is 0 Å². The first-order valence-electron chi connectivity index (χ1n) is 6.42. The molecule has 2 rings (SSSR count). The van der Waals surface area contributed by atoms with Crippen molar-refractivity contribution in [3.8, 4) is 0 Å².